The van der Waals surface area contributed by atoms with Gasteiger partial charge in [0.2, 0.25) is 5.91 Å². The van der Waals surface area contributed by atoms with Crippen molar-refractivity contribution in [1.82, 2.24) is 19.6 Å². The number of aliphatic hydroxyl groups excluding tert-OH is 1. The Hall–Kier alpha value is -1.67. The summed E-state index contributed by atoms with van der Waals surface area (Å²) < 4.78 is 25.0. The molecule has 0 bridgehead atoms. The van der Waals surface area contributed by atoms with Gasteiger partial charge >= 0.3 is 5.97 Å². The molecule has 9 atom stereocenters. The number of rotatable bonds is 10. The van der Waals surface area contributed by atoms with Crippen LogP contribution in [0.4, 0.5) is 0 Å². The number of carbonyl (C=O) groups excluding carboxylic acids is 3. The van der Waals surface area contributed by atoms with E-state index in [-0.39, 0.29) is 48.3 Å². The van der Waals surface area contributed by atoms with Crippen molar-refractivity contribution >= 4 is 17.7 Å². The molecule has 0 spiro atoms. The Morgan fingerprint density at radius 2 is 1.71 bits per heavy atom. The van der Waals surface area contributed by atoms with Crippen LogP contribution in [0.5, 0.6) is 0 Å². The van der Waals surface area contributed by atoms with E-state index in [0.717, 1.165) is 13.1 Å². The average molecular weight is 697 g/mol. The van der Waals surface area contributed by atoms with E-state index in [9.17, 15) is 19.5 Å². The minimum Gasteiger partial charge on any atom is -0.463 e. The van der Waals surface area contributed by atoms with Crippen molar-refractivity contribution in [2.75, 3.05) is 74.6 Å². The molecule has 3 fully saturated rings. The molecule has 0 aromatic heterocycles. The SMILES string of the molecule is CO[C@]1(C)C[C@@H](C)CN(C)[C@H](C2CN(C(=O)CCN(C)CC(C)C)C2)COC(=O)C(C)(C)C(=O)[C@H](C)[C@H]1O[C@@H]1O[C@H](C)C[C@H](N(C)C)[C@H]1O. The summed E-state index contributed by atoms with van der Waals surface area (Å²) >= 11 is 0. The molecule has 3 rings (SSSR count). The zero-order valence-corrected chi connectivity index (χ0v) is 32.7. The Labute approximate surface area is 296 Å². The zero-order chi connectivity index (χ0) is 37.0. The van der Waals surface area contributed by atoms with Crippen LogP contribution < -0.4 is 0 Å². The van der Waals surface area contributed by atoms with E-state index >= 15 is 0 Å². The number of likely N-dealkylation sites (tertiary alicyclic amines) is 1. The molecule has 0 radical (unpaired) electrons. The average Bonchev–Trinajstić information content (AvgIpc) is 2.98. The fourth-order valence-corrected chi connectivity index (χ4v) is 8.18. The lowest BCUT2D eigenvalue weighted by Gasteiger charge is -2.47. The van der Waals surface area contributed by atoms with Gasteiger partial charge in [-0.3, -0.25) is 19.3 Å². The molecule has 49 heavy (non-hydrogen) atoms. The van der Waals surface area contributed by atoms with Crippen LogP contribution in [0.1, 0.15) is 74.7 Å². The molecule has 1 amide bonds. The Morgan fingerprint density at radius 1 is 1.08 bits per heavy atom. The smallest absolute Gasteiger partial charge is 0.319 e. The van der Waals surface area contributed by atoms with Gasteiger partial charge in [-0.15, -0.1) is 0 Å². The molecule has 0 aromatic carbocycles. The highest BCUT2D eigenvalue weighted by Gasteiger charge is 2.52. The van der Waals surface area contributed by atoms with Crippen LogP contribution in [0.15, 0.2) is 0 Å². The van der Waals surface area contributed by atoms with Crippen molar-refractivity contribution in [3.8, 4) is 0 Å². The number of cyclic esters (lactones) is 1. The fourth-order valence-electron chi connectivity index (χ4n) is 8.18. The van der Waals surface area contributed by atoms with Crippen LogP contribution in [0.3, 0.4) is 0 Å². The first kappa shape index (κ1) is 41.7. The predicted molar refractivity (Wildman–Crippen MR) is 189 cm³/mol. The van der Waals surface area contributed by atoms with Crippen LogP contribution in [-0.4, -0.2) is 159 Å². The topological polar surface area (TPSA) is 121 Å². The highest BCUT2D eigenvalue weighted by molar-refractivity contribution is 6.04. The van der Waals surface area contributed by atoms with Crippen molar-refractivity contribution in [2.45, 2.75) is 117 Å². The summed E-state index contributed by atoms with van der Waals surface area (Å²) in [7, 11) is 9.54. The van der Waals surface area contributed by atoms with Crippen molar-refractivity contribution in [3.05, 3.63) is 0 Å². The third-order valence-electron chi connectivity index (χ3n) is 11.1. The number of likely N-dealkylation sites (N-methyl/N-ethyl adjacent to an activating group) is 2. The summed E-state index contributed by atoms with van der Waals surface area (Å²) in [6, 6.07) is -0.317. The van der Waals surface area contributed by atoms with Crippen molar-refractivity contribution < 1.29 is 38.4 Å². The molecule has 3 saturated heterocycles. The number of hydrogen-bond acceptors (Lipinski definition) is 11. The largest absolute Gasteiger partial charge is 0.463 e. The van der Waals surface area contributed by atoms with E-state index in [4.69, 9.17) is 18.9 Å². The minimum atomic E-state index is -1.46. The molecule has 0 aromatic rings. The number of amides is 1. The zero-order valence-electron chi connectivity index (χ0n) is 32.7. The third kappa shape index (κ3) is 10.2. The molecular weight excluding hydrogens is 628 g/mol. The maximum Gasteiger partial charge on any atom is 0.319 e. The highest BCUT2D eigenvalue weighted by Crippen LogP contribution is 2.38. The van der Waals surface area contributed by atoms with Gasteiger partial charge in [0.1, 0.15) is 18.1 Å². The number of hydrogen-bond donors (Lipinski definition) is 1. The summed E-state index contributed by atoms with van der Waals surface area (Å²) in [5, 5.41) is 11.3. The first-order valence-corrected chi connectivity index (χ1v) is 18.3. The molecule has 0 unspecified atom stereocenters. The molecule has 0 saturated carbocycles. The van der Waals surface area contributed by atoms with Gasteiger partial charge in [0.25, 0.3) is 0 Å². The second kappa shape index (κ2) is 17.2. The Morgan fingerprint density at radius 3 is 2.29 bits per heavy atom. The first-order chi connectivity index (χ1) is 22.7. The highest BCUT2D eigenvalue weighted by atomic mass is 16.7. The number of methoxy groups -OCH3 is 1. The van der Waals surface area contributed by atoms with Gasteiger partial charge in [0.15, 0.2) is 12.1 Å². The van der Waals surface area contributed by atoms with Gasteiger partial charge in [-0.2, -0.15) is 0 Å². The molecular formula is C37H68N4O8. The van der Waals surface area contributed by atoms with E-state index in [0.29, 0.717) is 44.8 Å². The van der Waals surface area contributed by atoms with E-state index in [1.165, 1.54) is 0 Å². The number of carbonyl (C=O) groups is 3. The molecule has 3 heterocycles. The number of ether oxygens (including phenoxy) is 4. The molecule has 12 nitrogen and oxygen atoms in total. The lowest BCUT2D eigenvalue weighted by Crippen LogP contribution is -2.60. The van der Waals surface area contributed by atoms with E-state index < -0.39 is 41.4 Å². The van der Waals surface area contributed by atoms with Crippen molar-refractivity contribution in [3.63, 3.8) is 0 Å². The monoisotopic (exact) mass is 697 g/mol. The molecule has 284 valence electrons. The molecule has 3 aliphatic heterocycles. The first-order valence-electron chi connectivity index (χ1n) is 18.3. The second-order valence-corrected chi connectivity index (χ2v) is 16.8. The predicted octanol–water partition coefficient (Wildman–Crippen LogP) is 2.75. The van der Waals surface area contributed by atoms with Crippen LogP contribution in [0.25, 0.3) is 0 Å². The number of ketones is 1. The lowest BCUT2D eigenvalue weighted by atomic mass is 9.74. The van der Waals surface area contributed by atoms with Crippen LogP contribution in [0, 0.1) is 29.1 Å². The summed E-state index contributed by atoms with van der Waals surface area (Å²) in [4.78, 5) is 49.3. The van der Waals surface area contributed by atoms with Crippen LogP contribution in [0.2, 0.25) is 0 Å². The molecule has 12 heteroatoms. The van der Waals surface area contributed by atoms with Gasteiger partial charge in [0.05, 0.1) is 17.8 Å². The molecule has 3 aliphatic rings. The van der Waals surface area contributed by atoms with Crippen molar-refractivity contribution in [1.29, 1.82) is 0 Å². The second-order valence-electron chi connectivity index (χ2n) is 16.8. The maximum atomic E-state index is 14.3. The standard InChI is InChI=1S/C37H68N4O8/c1-23(2)18-39(11)15-14-30(42)41-20-27(21-41)29-22-47-35(45)36(6,7)32(44)26(5)33(37(8,46-13)17-24(3)19-40(29)12)49-34-31(43)28(38(9)10)16-25(4)48-34/h23-29,31,33-34,43H,14-22H2,1-13H3/t24-,25-,26+,28+,29+,31-,33-,34+,37-/m1/s1. The third-order valence-corrected chi connectivity index (χ3v) is 11.1. The quantitative estimate of drug-likeness (QED) is 0.268. The van der Waals surface area contributed by atoms with E-state index in [1.807, 2.05) is 51.8 Å². The molecule has 1 N–H and O–H groups in total. The Bertz CT molecular complexity index is 1110. The van der Waals surface area contributed by atoms with Gasteiger partial charge in [-0.25, -0.2) is 0 Å². The Kier molecular flexibility index (Phi) is 14.7. The lowest BCUT2D eigenvalue weighted by molar-refractivity contribution is -0.295. The van der Waals surface area contributed by atoms with E-state index in [2.05, 4.69) is 30.6 Å². The van der Waals surface area contributed by atoms with E-state index in [1.54, 1.807) is 27.9 Å². The normalized spacial score (nSPS) is 35.9. The van der Waals surface area contributed by atoms with Gasteiger partial charge in [-0.1, -0.05) is 27.7 Å². The van der Waals surface area contributed by atoms with Crippen LogP contribution >= 0.6 is 0 Å². The number of esters is 1. The summed E-state index contributed by atoms with van der Waals surface area (Å²) in [5.74, 6) is -0.795. The summed E-state index contributed by atoms with van der Waals surface area (Å²) in [5.41, 5.74) is -2.42. The van der Waals surface area contributed by atoms with Crippen LogP contribution in [-0.2, 0) is 33.3 Å². The van der Waals surface area contributed by atoms with Crippen molar-refractivity contribution in [2.24, 2.45) is 29.1 Å². The maximum absolute atomic E-state index is 14.3. The van der Waals surface area contributed by atoms with Gasteiger partial charge in [-0.05, 0) is 80.6 Å². The summed E-state index contributed by atoms with van der Waals surface area (Å²) in [6.07, 6.45) is -1.27. The van der Waals surface area contributed by atoms with Gasteiger partial charge in [0, 0.05) is 70.2 Å². The fraction of sp³-hybridized carbons (Fsp3) is 0.919. The van der Waals surface area contributed by atoms with Gasteiger partial charge < -0.3 is 38.8 Å². The minimum absolute atomic E-state index is 0.0928. The number of Topliss-reactive ketones (excluding diaryl/α,β-unsaturated/α-hetero) is 1. The Balaban J connectivity index is 1.84. The number of aliphatic hydroxyl groups is 1. The number of nitrogens with zero attached hydrogens (tertiary/aromatic N) is 4. The molecule has 0 aliphatic carbocycles. The summed E-state index contributed by atoms with van der Waals surface area (Å²) in [6.45, 7) is 19.0.